The number of hydrogen-bond acceptors (Lipinski definition) is 4. The number of carbonyl (C=O) groups excluding carboxylic acids is 2. The standard InChI is InChI=1S/C15H21ClN2O3/c1-11(15(20)12-4-6-13(16)7-5-12)18(2)10-14(19)17-8-9-21-3/h4-7,11H,8-10H2,1-3H3,(H,17,19). The van der Waals surface area contributed by atoms with Crippen molar-refractivity contribution in [2.24, 2.45) is 0 Å². The van der Waals surface area contributed by atoms with Crippen LogP contribution in [0.25, 0.3) is 0 Å². The second-order valence-corrected chi connectivity index (χ2v) is 5.24. The molecule has 0 spiro atoms. The summed E-state index contributed by atoms with van der Waals surface area (Å²) in [6.45, 7) is 2.86. The number of rotatable bonds is 8. The molecule has 0 fully saturated rings. The predicted molar refractivity (Wildman–Crippen MR) is 82.8 cm³/mol. The van der Waals surface area contributed by atoms with E-state index in [0.717, 1.165) is 0 Å². The molecule has 0 radical (unpaired) electrons. The minimum absolute atomic E-state index is 0.0427. The maximum absolute atomic E-state index is 12.3. The number of Topliss-reactive ketones (excluding diaryl/α,β-unsaturated/α-hetero) is 1. The van der Waals surface area contributed by atoms with E-state index >= 15 is 0 Å². The van der Waals surface area contributed by atoms with E-state index in [1.807, 2.05) is 0 Å². The topological polar surface area (TPSA) is 58.6 Å². The molecule has 1 unspecified atom stereocenters. The SMILES string of the molecule is COCCNC(=O)CN(C)C(C)C(=O)c1ccc(Cl)cc1. The van der Waals surface area contributed by atoms with Crippen LogP contribution in [0.15, 0.2) is 24.3 Å². The lowest BCUT2D eigenvalue weighted by Crippen LogP contribution is -2.43. The minimum atomic E-state index is -0.389. The molecule has 0 aliphatic rings. The second kappa shape index (κ2) is 8.77. The van der Waals surface area contributed by atoms with Gasteiger partial charge in [-0.05, 0) is 38.2 Å². The first-order valence-electron chi connectivity index (χ1n) is 6.71. The zero-order valence-corrected chi connectivity index (χ0v) is 13.3. The first-order valence-corrected chi connectivity index (χ1v) is 7.09. The highest BCUT2D eigenvalue weighted by Crippen LogP contribution is 2.12. The van der Waals surface area contributed by atoms with Crippen molar-refractivity contribution >= 4 is 23.3 Å². The summed E-state index contributed by atoms with van der Waals surface area (Å²) in [5.74, 6) is -0.177. The average Bonchev–Trinajstić information content (AvgIpc) is 2.46. The van der Waals surface area contributed by atoms with Crippen molar-refractivity contribution in [3.63, 3.8) is 0 Å². The van der Waals surface area contributed by atoms with Gasteiger partial charge in [0.2, 0.25) is 5.91 Å². The Morgan fingerprint density at radius 2 is 1.95 bits per heavy atom. The first kappa shape index (κ1) is 17.6. The zero-order valence-electron chi connectivity index (χ0n) is 12.6. The lowest BCUT2D eigenvalue weighted by molar-refractivity contribution is -0.122. The normalized spacial score (nSPS) is 12.2. The van der Waals surface area contributed by atoms with Gasteiger partial charge in [0.15, 0.2) is 5.78 Å². The summed E-state index contributed by atoms with van der Waals surface area (Å²) >= 11 is 5.80. The monoisotopic (exact) mass is 312 g/mol. The van der Waals surface area contributed by atoms with Crippen molar-refractivity contribution in [1.29, 1.82) is 0 Å². The van der Waals surface area contributed by atoms with Crippen LogP contribution in [0.2, 0.25) is 5.02 Å². The number of likely N-dealkylation sites (N-methyl/N-ethyl adjacent to an activating group) is 1. The van der Waals surface area contributed by atoms with Crippen molar-refractivity contribution in [3.8, 4) is 0 Å². The first-order chi connectivity index (χ1) is 9.95. The fourth-order valence-corrected chi connectivity index (χ4v) is 1.89. The molecule has 1 rings (SSSR count). The molecule has 116 valence electrons. The van der Waals surface area contributed by atoms with Gasteiger partial charge in [-0.25, -0.2) is 0 Å². The van der Waals surface area contributed by atoms with Gasteiger partial charge < -0.3 is 10.1 Å². The van der Waals surface area contributed by atoms with Gasteiger partial charge in [-0.3, -0.25) is 14.5 Å². The number of ether oxygens (including phenoxy) is 1. The third-order valence-corrected chi connectivity index (χ3v) is 3.44. The molecule has 0 aliphatic heterocycles. The van der Waals surface area contributed by atoms with E-state index in [0.29, 0.717) is 23.7 Å². The third kappa shape index (κ3) is 5.83. The molecule has 0 heterocycles. The fourth-order valence-electron chi connectivity index (χ4n) is 1.77. The summed E-state index contributed by atoms with van der Waals surface area (Å²) in [6.07, 6.45) is 0. The number of halogens is 1. The van der Waals surface area contributed by atoms with Crippen molar-refractivity contribution in [1.82, 2.24) is 10.2 Å². The highest BCUT2D eigenvalue weighted by Gasteiger charge is 2.21. The lowest BCUT2D eigenvalue weighted by atomic mass is 10.0. The summed E-state index contributed by atoms with van der Waals surface area (Å²) in [5.41, 5.74) is 0.582. The van der Waals surface area contributed by atoms with Crippen LogP contribution in [0.3, 0.4) is 0 Å². The van der Waals surface area contributed by atoms with Crippen LogP contribution in [0.4, 0.5) is 0 Å². The number of carbonyl (C=O) groups is 2. The van der Waals surface area contributed by atoms with E-state index in [-0.39, 0.29) is 24.3 Å². The summed E-state index contributed by atoms with van der Waals surface area (Å²) in [4.78, 5) is 25.7. The van der Waals surface area contributed by atoms with Gasteiger partial charge >= 0.3 is 0 Å². The fraction of sp³-hybridized carbons (Fsp3) is 0.467. The molecule has 0 aliphatic carbocycles. The van der Waals surface area contributed by atoms with Crippen molar-refractivity contribution < 1.29 is 14.3 Å². The molecule has 0 saturated heterocycles. The maximum atomic E-state index is 12.3. The molecule has 1 N–H and O–H groups in total. The lowest BCUT2D eigenvalue weighted by Gasteiger charge is -2.23. The molecule has 1 aromatic carbocycles. The molecular weight excluding hydrogens is 292 g/mol. The largest absolute Gasteiger partial charge is 0.383 e. The molecule has 21 heavy (non-hydrogen) atoms. The van der Waals surface area contributed by atoms with Crippen LogP contribution in [-0.4, -0.2) is 56.5 Å². The Bertz CT molecular complexity index is 476. The maximum Gasteiger partial charge on any atom is 0.234 e. The summed E-state index contributed by atoms with van der Waals surface area (Å²) in [6, 6.07) is 6.35. The van der Waals surface area contributed by atoms with Crippen LogP contribution in [-0.2, 0) is 9.53 Å². The van der Waals surface area contributed by atoms with Gasteiger partial charge in [-0.2, -0.15) is 0 Å². The third-order valence-electron chi connectivity index (χ3n) is 3.19. The number of benzene rings is 1. The smallest absolute Gasteiger partial charge is 0.234 e. The van der Waals surface area contributed by atoms with Crippen molar-refractivity contribution in [3.05, 3.63) is 34.9 Å². The summed E-state index contributed by atoms with van der Waals surface area (Å²) in [7, 11) is 3.32. The molecule has 0 bridgehead atoms. The van der Waals surface area contributed by atoms with E-state index in [9.17, 15) is 9.59 Å². The Morgan fingerprint density at radius 3 is 2.52 bits per heavy atom. The quantitative estimate of drug-likeness (QED) is 0.585. The Balaban J connectivity index is 2.53. The Kier molecular flexibility index (Phi) is 7.36. The number of amides is 1. The minimum Gasteiger partial charge on any atom is -0.383 e. The van der Waals surface area contributed by atoms with E-state index in [2.05, 4.69) is 5.32 Å². The number of nitrogens with one attached hydrogen (secondary N) is 1. The summed E-state index contributed by atoms with van der Waals surface area (Å²) < 4.78 is 4.86. The van der Waals surface area contributed by atoms with E-state index in [4.69, 9.17) is 16.3 Å². The Labute approximate surface area is 130 Å². The van der Waals surface area contributed by atoms with Gasteiger partial charge in [-0.15, -0.1) is 0 Å². The molecule has 1 amide bonds. The van der Waals surface area contributed by atoms with Crippen LogP contribution in [0.5, 0.6) is 0 Å². The van der Waals surface area contributed by atoms with Crippen molar-refractivity contribution in [2.75, 3.05) is 33.9 Å². The number of nitrogens with zero attached hydrogens (tertiary/aromatic N) is 1. The van der Waals surface area contributed by atoms with Gasteiger partial charge in [0.1, 0.15) is 0 Å². The molecule has 1 aromatic rings. The molecule has 1 atom stereocenters. The molecule has 0 saturated carbocycles. The van der Waals surface area contributed by atoms with Gasteiger partial charge in [0.25, 0.3) is 0 Å². The number of ketones is 1. The van der Waals surface area contributed by atoms with Gasteiger partial charge in [-0.1, -0.05) is 11.6 Å². The predicted octanol–water partition coefficient (Wildman–Crippen LogP) is 1.61. The number of methoxy groups -OCH3 is 1. The molecule has 6 heteroatoms. The van der Waals surface area contributed by atoms with Crippen molar-refractivity contribution in [2.45, 2.75) is 13.0 Å². The van der Waals surface area contributed by atoms with Crippen LogP contribution < -0.4 is 5.32 Å². The van der Waals surface area contributed by atoms with E-state index in [1.54, 1.807) is 50.2 Å². The molecule has 5 nitrogen and oxygen atoms in total. The van der Waals surface area contributed by atoms with E-state index < -0.39 is 0 Å². The Hall–Kier alpha value is -1.43. The zero-order chi connectivity index (χ0) is 15.8. The van der Waals surface area contributed by atoms with Gasteiger partial charge in [0.05, 0.1) is 19.2 Å². The summed E-state index contributed by atoms with van der Waals surface area (Å²) in [5, 5.41) is 3.31. The molecular formula is C15H21ClN2O3. The highest BCUT2D eigenvalue weighted by molar-refractivity contribution is 6.30. The Morgan fingerprint density at radius 1 is 1.33 bits per heavy atom. The van der Waals surface area contributed by atoms with Crippen LogP contribution >= 0.6 is 11.6 Å². The van der Waals surface area contributed by atoms with Crippen LogP contribution in [0.1, 0.15) is 17.3 Å². The molecule has 0 aromatic heterocycles. The average molecular weight is 313 g/mol. The van der Waals surface area contributed by atoms with E-state index in [1.165, 1.54) is 0 Å². The van der Waals surface area contributed by atoms with Crippen LogP contribution in [0, 0.1) is 0 Å². The van der Waals surface area contributed by atoms with Gasteiger partial charge in [0, 0.05) is 24.2 Å². The number of hydrogen-bond donors (Lipinski definition) is 1. The highest BCUT2D eigenvalue weighted by atomic mass is 35.5. The second-order valence-electron chi connectivity index (χ2n) is 4.80.